The number of hydrogen-bond donors (Lipinski definition) is 1. The van der Waals surface area contributed by atoms with Crippen molar-refractivity contribution in [3.05, 3.63) is 82.1 Å². The number of carbonyl (C=O) groups excluding carboxylic acids is 2. The highest BCUT2D eigenvalue weighted by molar-refractivity contribution is 6.23. The smallest absolute Gasteiger partial charge is 0.192 e. The summed E-state index contributed by atoms with van der Waals surface area (Å²) in [7, 11) is 1.62. The summed E-state index contributed by atoms with van der Waals surface area (Å²) in [5, 5.41) is 3.41. The highest BCUT2D eigenvalue weighted by Gasteiger charge is 2.44. The lowest BCUT2D eigenvalue weighted by Crippen LogP contribution is -2.25. The van der Waals surface area contributed by atoms with Crippen molar-refractivity contribution in [2.75, 3.05) is 7.11 Å². The monoisotopic (exact) mass is 343 g/mol. The van der Waals surface area contributed by atoms with E-state index in [0.717, 1.165) is 33.8 Å². The number of nitrogens with one attached hydrogen (secondary N) is 1. The largest absolute Gasteiger partial charge is 0.497 e. The summed E-state index contributed by atoms with van der Waals surface area (Å²) in [4.78, 5) is 25.9. The van der Waals surface area contributed by atoms with Crippen LogP contribution in [0.4, 0.5) is 0 Å². The van der Waals surface area contributed by atoms with E-state index in [1.54, 1.807) is 7.11 Å². The number of carbonyl (C=O) groups is 2. The van der Waals surface area contributed by atoms with Gasteiger partial charge in [-0.2, -0.15) is 0 Å². The Balaban J connectivity index is 1.75. The van der Waals surface area contributed by atoms with Crippen LogP contribution in [0.2, 0.25) is 0 Å². The lowest BCUT2D eigenvalue weighted by atomic mass is 9.80. The highest BCUT2D eigenvalue weighted by atomic mass is 16.5. The normalized spacial score (nSPS) is 20.7. The van der Waals surface area contributed by atoms with E-state index in [9.17, 15) is 9.59 Å². The first-order chi connectivity index (χ1) is 12.7. The Kier molecular flexibility index (Phi) is 3.16. The van der Waals surface area contributed by atoms with Gasteiger partial charge in [-0.25, -0.2) is 0 Å². The van der Waals surface area contributed by atoms with Crippen LogP contribution < -0.4 is 10.1 Å². The average Bonchev–Trinajstić information content (AvgIpc) is 3.19. The van der Waals surface area contributed by atoms with Crippen LogP contribution in [-0.4, -0.2) is 18.7 Å². The van der Waals surface area contributed by atoms with Crippen LogP contribution in [0.1, 0.15) is 40.2 Å². The first-order valence-electron chi connectivity index (χ1n) is 8.74. The Morgan fingerprint density at radius 2 is 1.77 bits per heavy atom. The first-order valence-corrected chi connectivity index (χ1v) is 8.74. The number of hydrogen-bond acceptors (Lipinski definition) is 4. The number of allylic oxidation sites excluding steroid dienone is 3. The summed E-state index contributed by atoms with van der Waals surface area (Å²) in [5.74, 6) is 0.503. The number of fused-ring (bicyclic) bond motifs is 2. The molecule has 3 aliphatic rings. The van der Waals surface area contributed by atoms with Crippen molar-refractivity contribution in [2.45, 2.75) is 18.8 Å². The van der Waals surface area contributed by atoms with E-state index in [4.69, 9.17) is 4.74 Å². The average molecular weight is 343 g/mol. The minimum Gasteiger partial charge on any atom is -0.497 e. The maximum Gasteiger partial charge on any atom is 0.192 e. The standard InChI is InChI=1S/C22H17NO3/c1-26-13-6-4-5-12(11-13)18-19-16(9-10-17(19)24)23-21-14-7-2-3-8-15(14)22(25)20(18)21/h2-8,11,18,23H,9-10H2,1H3. The van der Waals surface area contributed by atoms with Crippen LogP contribution in [0.25, 0.3) is 5.70 Å². The van der Waals surface area contributed by atoms with Crippen molar-refractivity contribution in [1.82, 2.24) is 5.32 Å². The molecule has 26 heavy (non-hydrogen) atoms. The second-order valence-corrected chi connectivity index (χ2v) is 6.81. The molecule has 2 aliphatic carbocycles. The van der Waals surface area contributed by atoms with Gasteiger partial charge in [-0.05, 0) is 24.1 Å². The van der Waals surface area contributed by atoms with E-state index in [1.165, 1.54) is 0 Å². The van der Waals surface area contributed by atoms with Crippen LogP contribution in [-0.2, 0) is 4.79 Å². The van der Waals surface area contributed by atoms with Gasteiger partial charge in [0.15, 0.2) is 11.6 Å². The van der Waals surface area contributed by atoms with E-state index >= 15 is 0 Å². The fraction of sp³-hybridized carbons (Fsp3) is 0.182. The van der Waals surface area contributed by atoms with Crippen LogP contribution in [0, 0.1) is 0 Å². The molecule has 0 spiro atoms. The van der Waals surface area contributed by atoms with Crippen molar-refractivity contribution in [3.8, 4) is 5.75 Å². The number of Topliss-reactive ketones (excluding diaryl/α,β-unsaturated/α-hetero) is 2. The van der Waals surface area contributed by atoms with Crippen LogP contribution in [0.3, 0.4) is 0 Å². The van der Waals surface area contributed by atoms with Crippen molar-refractivity contribution >= 4 is 17.3 Å². The molecule has 0 amide bonds. The van der Waals surface area contributed by atoms with E-state index in [-0.39, 0.29) is 17.5 Å². The zero-order valence-corrected chi connectivity index (χ0v) is 14.3. The van der Waals surface area contributed by atoms with Crippen LogP contribution >= 0.6 is 0 Å². The summed E-state index contributed by atoms with van der Waals surface area (Å²) in [5.41, 5.74) is 5.75. The molecule has 5 rings (SSSR count). The summed E-state index contributed by atoms with van der Waals surface area (Å²) < 4.78 is 5.37. The van der Waals surface area contributed by atoms with Gasteiger partial charge in [0.1, 0.15) is 5.75 Å². The molecular formula is C22H17NO3. The molecule has 0 aromatic heterocycles. The van der Waals surface area contributed by atoms with Crippen molar-refractivity contribution in [1.29, 1.82) is 0 Å². The van der Waals surface area contributed by atoms with Gasteiger partial charge in [0.05, 0.1) is 12.8 Å². The highest BCUT2D eigenvalue weighted by Crippen LogP contribution is 2.49. The fourth-order valence-corrected chi connectivity index (χ4v) is 4.30. The van der Waals surface area contributed by atoms with Gasteiger partial charge in [-0.1, -0.05) is 36.4 Å². The lowest BCUT2D eigenvalue weighted by Gasteiger charge is -2.27. The molecule has 0 saturated heterocycles. The summed E-state index contributed by atoms with van der Waals surface area (Å²) in [6.45, 7) is 0. The third kappa shape index (κ3) is 1.96. The molecule has 4 nitrogen and oxygen atoms in total. The van der Waals surface area contributed by atoms with Gasteiger partial charge in [-0.3, -0.25) is 9.59 Å². The van der Waals surface area contributed by atoms with E-state index in [2.05, 4.69) is 5.32 Å². The number of benzene rings is 2. The Morgan fingerprint density at radius 1 is 0.962 bits per heavy atom. The molecule has 2 aromatic carbocycles. The molecule has 1 N–H and O–H groups in total. The van der Waals surface area contributed by atoms with Crippen LogP contribution in [0.15, 0.2) is 65.4 Å². The maximum absolute atomic E-state index is 13.2. The zero-order chi connectivity index (χ0) is 17.8. The third-order valence-electron chi connectivity index (χ3n) is 5.46. The Bertz CT molecular complexity index is 1040. The topological polar surface area (TPSA) is 55.4 Å². The Morgan fingerprint density at radius 3 is 2.58 bits per heavy atom. The van der Waals surface area contributed by atoms with Gasteiger partial charge in [0.2, 0.25) is 0 Å². The minimum absolute atomic E-state index is 0.00201. The zero-order valence-electron chi connectivity index (χ0n) is 14.3. The van der Waals surface area contributed by atoms with Gasteiger partial charge < -0.3 is 10.1 Å². The molecule has 0 bridgehead atoms. The fourth-order valence-electron chi connectivity index (χ4n) is 4.30. The molecule has 1 unspecified atom stereocenters. The number of ketones is 2. The van der Waals surface area contributed by atoms with E-state index in [1.807, 2.05) is 48.5 Å². The molecule has 0 fully saturated rings. The second-order valence-electron chi connectivity index (χ2n) is 6.81. The van der Waals surface area contributed by atoms with Gasteiger partial charge >= 0.3 is 0 Å². The van der Waals surface area contributed by atoms with Crippen molar-refractivity contribution in [3.63, 3.8) is 0 Å². The summed E-state index contributed by atoms with van der Waals surface area (Å²) in [6, 6.07) is 15.3. The summed E-state index contributed by atoms with van der Waals surface area (Å²) in [6.07, 6.45) is 1.19. The molecule has 0 radical (unpaired) electrons. The molecule has 1 aliphatic heterocycles. The predicted molar refractivity (Wildman–Crippen MR) is 97.8 cm³/mol. The van der Waals surface area contributed by atoms with Gasteiger partial charge in [0, 0.05) is 40.3 Å². The molecule has 1 atom stereocenters. The summed E-state index contributed by atoms with van der Waals surface area (Å²) >= 11 is 0. The van der Waals surface area contributed by atoms with Gasteiger partial charge in [0.25, 0.3) is 0 Å². The first kappa shape index (κ1) is 15.1. The number of dihydropyridines is 1. The molecule has 1 heterocycles. The van der Waals surface area contributed by atoms with Gasteiger partial charge in [-0.15, -0.1) is 0 Å². The number of rotatable bonds is 2. The Hall–Kier alpha value is -3.14. The van der Waals surface area contributed by atoms with Crippen molar-refractivity contribution < 1.29 is 14.3 Å². The predicted octanol–water partition coefficient (Wildman–Crippen LogP) is 3.61. The van der Waals surface area contributed by atoms with E-state index < -0.39 is 0 Å². The maximum atomic E-state index is 13.2. The molecule has 2 aromatic rings. The Labute approximate surface area is 151 Å². The molecular weight excluding hydrogens is 326 g/mol. The molecule has 4 heteroatoms. The van der Waals surface area contributed by atoms with Crippen LogP contribution in [0.5, 0.6) is 5.75 Å². The molecule has 0 saturated carbocycles. The lowest BCUT2D eigenvalue weighted by molar-refractivity contribution is -0.115. The number of methoxy groups -OCH3 is 1. The minimum atomic E-state index is -0.341. The quantitative estimate of drug-likeness (QED) is 0.905. The molecule has 128 valence electrons. The van der Waals surface area contributed by atoms with Crippen molar-refractivity contribution in [2.24, 2.45) is 0 Å². The van der Waals surface area contributed by atoms with E-state index in [0.29, 0.717) is 24.0 Å². The second kappa shape index (κ2) is 5.43. The third-order valence-corrected chi connectivity index (χ3v) is 5.46. The SMILES string of the molecule is COc1cccc(C2C3=C(CCC3=O)NC3=C2C(=O)c2ccccc23)c1. The number of ether oxygens (including phenoxy) is 1.